The number of nitriles is 1. The molecule has 11 heteroatoms. The topological polar surface area (TPSA) is 109 Å². The molecule has 1 atom stereocenters. The highest BCUT2D eigenvalue weighted by Crippen LogP contribution is 2.37. The quantitative estimate of drug-likeness (QED) is 0.661. The Kier molecular flexibility index (Phi) is 6.91. The number of hydrogen-bond acceptors (Lipinski definition) is 6. The van der Waals surface area contributed by atoms with Gasteiger partial charge in [0.1, 0.15) is 0 Å². The van der Waals surface area contributed by atoms with E-state index in [1.807, 2.05) is 6.07 Å². The van der Waals surface area contributed by atoms with Gasteiger partial charge in [-0.3, -0.25) is 4.90 Å². The zero-order valence-electron chi connectivity index (χ0n) is 18.0. The molecule has 1 heterocycles. The number of esters is 2. The molecule has 1 unspecified atom stereocenters. The highest BCUT2D eigenvalue weighted by atomic mass is 19.4. The van der Waals surface area contributed by atoms with E-state index in [0.29, 0.717) is 11.1 Å². The first-order valence-corrected chi connectivity index (χ1v) is 9.79. The molecule has 3 rings (SSSR count). The summed E-state index contributed by atoms with van der Waals surface area (Å²) in [5.41, 5.74) is -0.443. The molecule has 8 nitrogen and oxygen atoms in total. The van der Waals surface area contributed by atoms with Gasteiger partial charge in [-0.2, -0.15) is 18.4 Å². The van der Waals surface area contributed by atoms with Crippen LogP contribution in [0.3, 0.4) is 0 Å². The summed E-state index contributed by atoms with van der Waals surface area (Å²) in [6, 6.07) is 10.2. The van der Waals surface area contributed by atoms with Gasteiger partial charge in [0.15, 0.2) is 6.61 Å². The number of amides is 2. The van der Waals surface area contributed by atoms with Crippen molar-refractivity contribution in [2.45, 2.75) is 19.1 Å². The number of halogens is 3. The fourth-order valence-corrected chi connectivity index (χ4v) is 3.40. The number of hydrogen-bond donors (Lipinski definition) is 1. The molecule has 2 aromatic rings. The van der Waals surface area contributed by atoms with Crippen molar-refractivity contribution < 1.29 is 37.0 Å². The average molecular weight is 473 g/mol. The Morgan fingerprint density at radius 3 is 2.44 bits per heavy atom. The third kappa shape index (κ3) is 5.01. The molecule has 0 radical (unpaired) electrons. The van der Waals surface area contributed by atoms with Crippen LogP contribution in [0, 0.1) is 11.3 Å². The Morgan fingerprint density at radius 1 is 1.18 bits per heavy atom. The van der Waals surface area contributed by atoms with E-state index >= 15 is 0 Å². The molecule has 0 saturated carbocycles. The Labute approximate surface area is 192 Å². The molecule has 1 aliphatic heterocycles. The van der Waals surface area contributed by atoms with Crippen LogP contribution in [0.15, 0.2) is 59.8 Å². The smallest absolute Gasteiger partial charge is 0.416 e. The fourth-order valence-electron chi connectivity index (χ4n) is 3.40. The predicted molar refractivity (Wildman–Crippen MR) is 112 cm³/mol. The molecule has 0 fully saturated rings. The first-order valence-electron chi connectivity index (χ1n) is 9.79. The lowest BCUT2D eigenvalue weighted by Crippen LogP contribution is -2.48. The van der Waals surface area contributed by atoms with Gasteiger partial charge in [0, 0.05) is 5.70 Å². The van der Waals surface area contributed by atoms with E-state index in [1.54, 1.807) is 0 Å². The summed E-state index contributed by atoms with van der Waals surface area (Å²) < 4.78 is 49.1. The Bertz CT molecular complexity index is 1200. The number of rotatable bonds is 5. The minimum atomic E-state index is -4.65. The van der Waals surface area contributed by atoms with E-state index in [9.17, 15) is 27.6 Å². The molecule has 0 aliphatic carbocycles. The van der Waals surface area contributed by atoms with Crippen LogP contribution in [0.5, 0.6) is 0 Å². The minimum absolute atomic E-state index is 0.00676. The number of nitrogens with zero attached hydrogens (tertiary/aromatic N) is 2. The van der Waals surface area contributed by atoms with Gasteiger partial charge in [0.25, 0.3) is 0 Å². The van der Waals surface area contributed by atoms with Crippen LogP contribution < -0.4 is 10.2 Å². The van der Waals surface area contributed by atoms with Crippen LogP contribution in [-0.4, -0.2) is 31.7 Å². The number of ether oxygens (including phenoxy) is 2. The first-order chi connectivity index (χ1) is 16.1. The predicted octanol–water partition coefficient (Wildman–Crippen LogP) is 3.84. The molecule has 1 aliphatic rings. The van der Waals surface area contributed by atoms with E-state index in [-0.39, 0.29) is 17.0 Å². The highest BCUT2D eigenvalue weighted by molar-refractivity contribution is 6.03. The van der Waals surface area contributed by atoms with Crippen LogP contribution in [-0.2, 0) is 25.2 Å². The normalized spacial score (nSPS) is 15.9. The molecule has 1 N–H and O–H groups in total. The maximum Gasteiger partial charge on any atom is 0.416 e. The number of methoxy groups -OCH3 is 1. The molecule has 2 amide bonds. The summed E-state index contributed by atoms with van der Waals surface area (Å²) >= 11 is 0. The van der Waals surface area contributed by atoms with Gasteiger partial charge in [-0.15, -0.1) is 0 Å². The lowest BCUT2D eigenvalue weighted by molar-refractivity contribution is -0.154. The number of anilines is 1. The molecule has 0 saturated heterocycles. The largest absolute Gasteiger partial charge is 0.466 e. The monoisotopic (exact) mass is 473 g/mol. The number of nitrogens with one attached hydrogen (secondary N) is 1. The average Bonchev–Trinajstić information content (AvgIpc) is 2.81. The summed E-state index contributed by atoms with van der Waals surface area (Å²) in [5, 5.41) is 11.6. The second-order valence-corrected chi connectivity index (χ2v) is 7.15. The molecule has 0 spiro atoms. The number of carbonyl (C=O) groups excluding carboxylic acids is 3. The van der Waals surface area contributed by atoms with Crippen LogP contribution in [0.4, 0.5) is 23.7 Å². The molecule has 34 heavy (non-hydrogen) atoms. The first kappa shape index (κ1) is 24.3. The maximum atomic E-state index is 13.2. The van der Waals surface area contributed by atoms with Crippen molar-refractivity contribution in [3.8, 4) is 6.07 Å². The highest BCUT2D eigenvalue weighted by Gasteiger charge is 2.38. The third-order valence-corrected chi connectivity index (χ3v) is 5.06. The van der Waals surface area contributed by atoms with Crippen LogP contribution in [0.25, 0.3) is 0 Å². The summed E-state index contributed by atoms with van der Waals surface area (Å²) in [6.07, 6.45) is -4.65. The van der Waals surface area contributed by atoms with Gasteiger partial charge >= 0.3 is 24.1 Å². The number of benzene rings is 2. The van der Waals surface area contributed by atoms with Gasteiger partial charge in [-0.25, -0.2) is 14.4 Å². The molecular weight excluding hydrogens is 455 g/mol. The van der Waals surface area contributed by atoms with E-state index < -0.39 is 42.4 Å². The fraction of sp³-hybridized carbons (Fsp3) is 0.217. The van der Waals surface area contributed by atoms with Crippen molar-refractivity contribution in [1.82, 2.24) is 5.32 Å². The number of urea groups is 1. The van der Waals surface area contributed by atoms with Crippen molar-refractivity contribution in [2.75, 3.05) is 18.6 Å². The maximum absolute atomic E-state index is 13.2. The number of allylic oxidation sites excluding steroid dienone is 1. The lowest BCUT2D eigenvalue weighted by atomic mass is 9.94. The summed E-state index contributed by atoms with van der Waals surface area (Å²) in [7, 11) is 1.11. The molecule has 0 bridgehead atoms. The standard InChI is InChI=1S/C23H18F3N3O5/c1-13-19(21(31)34-12-18(30)33-2)20(15-8-6-14(11-27)7-9-15)28-22(32)29(13)17-5-3-4-16(10-17)23(24,25)26/h3-10,20H,12H2,1-2H3,(H,28,32). The summed E-state index contributed by atoms with van der Waals surface area (Å²) in [4.78, 5) is 38.3. The second-order valence-electron chi connectivity index (χ2n) is 7.15. The lowest BCUT2D eigenvalue weighted by Gasteiger charge is -2.35. The van der Waals surface area contributed by atoms with E-state index in [2.05, 4.69) is 10.1 Å². The zero-order chi connectivity index (χ0) is 25.0. The van der Waals surface area contributed by atoms with Crippen molar-refractivity contribution in [3.63, 3.8) is 0 Å². The van der Waals surface area contributed by atoms with Crippen LogP contribution in [0.1, 0.15) is 29.7 Å². The van der Waals surface area contributed by atoms with E-state index in [0.717, 1.165) is 30.2 Å². The van der Waals surface area contributed by atoms with Crippen LogP contribution in [0.2, 0.25) is 0 Å². The Morgan fingerprint density at radius 2 is 1.85 bits per heavy atom. The molecule has 176 valence electrons. The van der Waals surface area contributed by atoms with E-state index in [1.165, 1.54) is 37.3 Å². The summed E-state index contributed by atoms with van der Waals surface area (Å²) in [6.45, 7) is 0.675. The van der Waals surface area contributed by atoms with Gasteiger partial charge in [-0.05, 0) is 42.8 Å². The van der Waals surface area contributed by atoms with Crippen molar-refractivity contribution in [1.29, 1.82) is 5.26 Å². The minimum Gasteiger partial charge on any atom is -0.466 e. The van der Waals surface area contributed by atoms with Gasteiger partial charge in [-0.1, -0.05) is 18.2 Å². The van der Waals surface area contributed by atoms with Crippen molar-refractivity contribution in [2.24, 2.45) is 0 Å². The Hall–Kier alpha value is -4.33. The Balaban J connectivity index is 2.10. The van der Waals surface area contributed by atoms with Gasteiger partial charge in [0.05, 0.1) is 41.6 Å². The van der Waals surface area contributed by atoms with Gasteiger partial charge in [0.2, 0.25) is 0 Å². The summed E-state index contributed by atoms with van der Waals surface area (Å²) in [5.74, 6) is -1.80. The molecular formula is C23H18F3N3O5. The molecule has 2 aromatic carbocycles. The van der Waals surface area contributed by atoms with Gasteiger partial charge < -0.3 is 14.8 Å². The van der Waals surface area contributed by atoms with Crippen LogP contribution >= 0.6 is 0 Å². The number of carbonyl (C=O) groups is 3. The SMILES string of the molecule is COC(=O)COC(=O)C1=C(C)N(c2cccc(C(F)(F)F)c2)C(=O)NC1c1ccc(C#N)cc1. The van der Waals surface area contributed by atoms with Crippen molar-refractivity contribution >= 4 is 23.7 Å². The second kappa shape index (κ2) is 9.66. The van der Waals surface area contributed by atoms with E-state index in [4.69, 9.17) is 10.00 Å². The zero-order valence-corrected chi connectivity index (χ0v) is 18.0. The molecule has 0 aromatic heterocycles. The third-order valence-electron chi connectivity index (χ3n) is 5.06. The number of alkyl halides is 3. The van der Waals surface area contributed by atoms with Crippen molar-refractivity contribution in [3.05, 3.63) is 76.5 Å².